The van der Waals surface area contributed by atoms with Crippen molar-refractivity contribution in [3.05, 3.63) is 29.3 Å². The van der Waals surface area contributed by atoms with Gasteiger partial charge in [-0.25, -0.2) is 0 Å². The minimum absolute atomic E-state index is 0.405. The second-order valence-corrected chi connectivity index (χ2v) is 4.01. The lowest BCUT2D eigenvalue weighted by molar-refractivity contribution is 0.189. The van der Waals surface area contributed by atoms with E-state index >= 15 is 0 Å². The summed E-state index contributed by atoms with van der Waals surface area (Å²) in [5.41, 5.74) is 1.81. The molecule has 0 fully saturated rings. The molecule has 0 saturated carbocycles. The maximum Gasteiger partial charge on any atom is 0.125 e. The predicted molar refractivity (Wildman–Crippen MR) is 57.6 cm³/mol. The molecule has 3 heteroatoms. The summed E-state index contributed by atoms with van der Waals surface area (Å²) in [5, 5.41) is 8.80. The Morgan fingerprint density at radius 3 is 3.07 bits per heavy atom. The van der Waals surface area contributed by atoms with Crippen molar-refractivity contribution in [2.24, 2.45) is 0 Å². The highest BCUT2D eigenvalue weighted by molar-refractivity contribution is 5.42. The summed E-state index contributed by atoms with van der Waals surface area (Å²) in [6.07, 6.45) is 0. The first-order chi connectivity index (χ1) is 7.20. The van der Waals surface area contributed by atoms with Crippen LogP contribution in [0.15, 0.2) is 18.2 Å². The smallest absolute Gasteiger partial charge is 0.125 e. The van der Waals surface area contributed by atoms with Crippen LogP contribution in [0.25, 0.3) is 0 Å². The van der Waals surface area contributed by atoms with Gasteiger partial charge in [0.15, 0.2) is 0 Å². The summed E-state index contributed by atoms with van der Waals surface area (Å²) >= 11 is 0. The molecule has 1 aromatic rings. The number of rotatable bonds is 0. The second-order valence-electron chi connectivity index (χ2n) is 4.01. The van der Waals surface area contributed by atoms with Gasteiger partial charge in [-0.05, 0) is 26.1 Å². The third kappa shape index (κ3) is 1.95. The highest BCUT2D eigenvalue weighted by Gasteiger charge is 2.18. The molecule has 0 radical (unpaired) electrons. The van der Waals surface area contributed by atoms with E-state index in [2.05, 4.69) is 24.9 Å². The van der Waals surface area contributed by atoms with E-state index in [9.17, 15) is 0 Å². The van der Waals surface area contributed by atoms with Gasteiger partial charge in [0.05, 0.1) is 11.6 Å². The van der Waals surface area contributed by atoms with Crippen molar-refractivity contribution in [1.82, 2.24) is 4.90 Å². The summed E-state index contributed by atoms with van der Waals surface area (Å²) in [7, 11) is 2.08. The van der Waals surface area contributed by atoms with Crippen molar-refractivity contribution >= 4 is 0 Å². The van der Waals surface area contributed by atoms with Crippen LogP contribution in [0.4, 0.5) is 0 Å². The van der Waals surface area contributed by atoms with Crippen LogP contribution in [0, 0.1) is 11.3 Å². The number of hydrogen-bond acceptors (Lipinski definition) is 3. The van der Waals surface area contributed by atoms with Crippen LogP contribution < -0.4 is 4.74 Å². The van der Waals surface area contributed by atoms with Gasteiger partial charge in [0.1, 0.15) is 12.4 Å². The van der Waals surface area contributed by atoms with Gasteiger partial charge < -0.3 is 4.74 Å². The molecule has 0 N–H and O–H groups in total. The third-order valence-electron chi connectivity index (χ3n) is 2.85. The number of nitriles is 1. The second kappa shape index (κ2) is 3.92. The number of benzene rings is 1. The molecule has 1 aliphatic rings. The van der Waals surface area contributed by atoms with Crippen LogP contribution in [0.2, 0.25) is 0 Å². The van der Waals surface area contributed by atoms with Gasteiger partial charge in [0.25, 0.3) is 0 Å². The van der Waals surface area contributed by atoms with E-state index in [4.69, 9.17) is 10.00 Å². The molecule has 3 nitrogen and oxygen atoms in total. The van der Waals surface area contributed by atoms with Crippen molar-refractivity contribution in [3.8, 4) is 11.8 Å². The highest BCUT2D eigenvalue weighted by atomic mass is 16.5. The molecule has 1 aliphatic heterocycles. The third-order valence-corrected chi connectivity index (χ3v) is 2.85. The van der Waals surface area contributed by atoms with E-state index in [1.165, 1.54) is 0 Å². The lowest BCUT2D eigenvalue weighted by Crippen LogP contribution is -2.31. The van der Waals surface area contributed by atoms with Crippen molar-refractivity contribution in [3.63, 3.8) is 0 Å². The molecule has 0 spiro atoms. The molecule has 0 aromatic heterocycles. The number of hydrogen-bond donors (Lipinski definition) is 0. The van der Waals surface area contributed by atoms with Gasteiger partial charge in [-0.15, -0.1) is 0 Å². The van der Waals surface area contributed by atoms with E-state index in [1.807, 2.05) is 18.2 Å². The number of nitrogens with zero attached hydrogens (tertiary/aromatic N) is 2. The zero-order valence-corrected chi connectivity index (χ0v) is 9.03. The molecular formula is C12H14N2O. The Morgan fingerprint density at radius 1 is 1.53 bits per heavy atom. The average Bonchev–Trinajstić information content (AvgIpc) is 2.39. The Balaban J connectivity index is 2.35. The van der Waals surface area contributed by atoms with E-state index in [1.54, 1.807) is 0 Å². The molecule has 1 heterocycles. The minimum Gasteiger partial charge on any atom is -0.492 e. The molecule has 15 heavy (non-hydrogen) atoms. The Kier molecular flexibility index (Phi) is 2.61. The van der Waals surface area contributed by atoms with Gasteiger partial charge in [0, 0.05) is 18.2 Å². The van der Waals surface area contributed by atoms with Gasteiger partial charge >= 0.3 is 0 Å². The molecule has 0 amide bonds. The first-order valence-corrected chi connectivity index (χ1v) is 5.07. The van der Waals surface area contributed by atoms with Crippen LogP contribution in [0.5, 0.6) is 5.75 Å². The van der Waals surface area contributed by atoms with Gasteiger partial charge in [-0.3, -0.25) is 4.90 Å². The molecule has 78 valence electrons. The fraction of sp³-hybridized carbons (Fsp3) is 0.417. The van der Waals surface area contributed by atoms with E-state index in [-0.39, 0.29) is 0 Å². The van der Waals surface area contributed by atoms with Gasteiger partial charge in [0.2, 0.25) is 0 Å². The van der Waals surface area contributed by atoms with Crippen molar-refractivity contribution in [2.45, 2.75) is 19.5 Å². The van der Waals surface area contributed by atoms with Crippen LogP contribution in [-0.2, 0) is 6.54 Å². The van der Waals surface area contributed by atoms with E-state index in [0.717, 1.165) is 17.9 Å². The molecule has 0 bridgehead atoms. The van der Waals surface area contributed by atoms with Crippen LogP contribution in [0.3, 0.4) is 0 Å². The van der Waals surface area contributed by atoms with E-state index < -0.39 is 0 Å². The Hall–Kier alpha value is -1.53. The maximum atomic E-state index is 8.80. The summed E-state index contributed by atoms with van der Waals surface area (Å²) < 4.78 is 5.68. The summed E-state index contributed by atoms with van der Waals surface area (Å²) in [5.74, 6) is 0.852. The van der Waals surface area contributed by atoms with Crippen molar-refractivity contribution in [2.75, 3.05) is 13.7 Å². The quantitative estimate of drug-likeness (QED) is 0.643. The molecule has 1 aromatic carbocycles. The molecule has 0 aliphatic carbocycles. The fourth-order valence-electron chi connectivity index (χ4n) is 1.65. The topological polar surface area (TPSA) is 36.3 Å². The monoisotopic (exact) mass is 202 g/mol. The first kappa shape index (κ1) is 10.0. The predicted octanol–water partition coefficient (Wildman–Crippen LogP) is 1.77. The molecule has 0 unspecified atom stereocenters. The summed E-state index contributed by atoms with van der Waals surface area (Å²) in [4.78, 5) is 2.25. The normalized spacial score (nSPS) is 21.0. The maximum absolute atomic E-state index is 8.80. The lowest BCUT2D eigenvalue weighted by atomic mass is 10.1. The zero-order chi connectivity index (χ0) is 10.8. The first-order valence-electron chi connectivity index (χ1n) is 5.07. The van der Waals surface area contributed by atoms with Gasteiger partial charge in [-0.2, -0.15) is 5.26 Å². The molecule has 1 atom stereocenters. The fourth-order valence-corrected chi connectivity index (χ4v) is 1.65. The SMILES string of the molecule is C[C@H]1COc2cc(C#N)ccc2CN1C. The highest BCUT2D eigenvalue weighted by Crippen LogP contribution is 2.25. The van der Waals surface area contributed by atoms with Crippen molar-refractivity contribution < 1.29 is 4.74 Å². The van der Waals surface area contributed by atoms with E-state index in [0.29, 0.717) is 18.2 Å². The molecular weight excluding hydrogens is 188 g/mol. The largest absolute Gasteiger partial charge is 0.492 e. The average molecular weight is 202 g/mol. The lowest BCUT2D eigenvalue weighted by Gasteiger charge is -2.19. The summed E-state index contributed by atoms with van der Waals surface area (Å²) in [6.45, 7) is 3.69. The van der Waals surface area contributed by atoms with Crippen LogP contribution in [-0.4, -0.2) is 24.6 Å². The molecule has 2 rings (SSSR count). The molecule has 0 saturated heterocycles. The van der Waals surface area contributed by atoms with Crippen molar-refractivity contribution in [1.29, 1.82) is 5.26 Å². The van der Waals surface area contributed by atoms with Crippen LogP contribution in [0.1, 0.15) is 18.1 Å². The van der Waals surface area contributed by atoms with Crippen LogP contribution >= 0.6 is 0 Å². The minimum atomic E-state index is 0.405. The number of likely N-dealkylation sites (N-methyl/N-ethyl adjacent to an activating group) is 1. The Morgan fingerprint density at radius 2 is 2.33 bits per heavy atom. The Labute approximate surface area is 89.9 Å². The van der Waals surface area contributed by atoms with Gasteiger partial charge in [-0.1, -0.05) is 6.07 Å². The number of fused-ring (bicyclic) bond motifs is 1. The standard InChI is InChI=1S/C12H14N2O/c1-9-8-15-12-5-10(6-13)3-4-11(12)7-14(9)2/h3-5,9H,7-8H2,1-2H3/t9-/m0/s1. The summed E-state index contributed by atoms with van der Waals surface area (Å²) in [6, 6.07) is 8.17. The Bertz CT molecular complexity index is 409. The zero-order valence-electron chi connectivity index (χ0n) is 9.03. The number of ether oxygens (including phenoxy) is 1.